The Morgan fingerprint density at radius 3 is 2.39 bits per heavy atom. The molecule has 1 rings (SSSR count). The number of halogens is 1. The van der Waals surface area contributed by atoms with Gasteiger partial charge >= 0.3 is 0 Å². The van der Waals surface area contributed by atoms with Crippen molar-refractivity contribution in [3.05, 3.63) is 46.1 Å². The Kier molecular flexibility index (Phi) is 8.98. The molecule has 0 aliphatic rings. The molecule has 1 amide bonds. The molecule has 0 saturated carbocycles. The predicted molar refractivity (Wildman–Crippen MR) is 90.3 cm³/mol. The summed E-state index contributed by atoms with van der Waals surface area (Å²) in [6.07, 6.45) is 2.14. The van der Waals surface area contributed by atoms with Gasteiger partial charge in [-0.25, -0.2) is 0 Å². The fraction of sp³-hybridized carbons (Fsp3) is 0.375. The van der Waals surface area contributed by atoms with E-state index in [9.17, 15) is 4.79 Å². The molecular formula is C16H20BrN3O3. The molecule has 0 heterocycles. The van der Waals surface area contributed by atoms with E-state index in [1.165, 1.54) is 11.1 Å². The first-order chi connectivity index (χ1) is 11.1. The normalized spacial score (nSPS) is 11.0. The number of aliphatic hydroxyl groups excluding tert-OH is 2. The van der Waals surface area contributed by atoms with E-state index in [1.54, 1.807) is 0 Å². The molecule has 0 radical (unpaired) electrons. The first kappa shape index (κ1) is 19.2. The van der Waals surface area contributed by atoms with Gasteiger partial charge in [-0.3, -0.25) is 4.79 Å². The van der Waals surface area contributed by atoms with E-state index in [0.717, 1.165) is 16.5 Å². The van der Waals surface area contributed by atoms with Crippen LogP contribution >= 0.6 is 15.9 Å². The van der Waals surface area contributed by atoms with Crippen LogP contribution in [0, 0.1) is 11.3 Å². The summed E-state index contributed by atoms with van der Waals surface area (Å²) < 4.78 is 1.01. The Morgan fingerprint density at radius 2 is 1.87 bits per heavy atom. The third kappa shape index (κ3) is 6.82. The van der Waals surface area contributed by atoms with Gasteiger partial charge in [-0.1, -0.05) is 28.1 Å². The van der Waals surface area contributed by atoms with Gasteiger partial charge in [0, 0.05) is 30.3 Å². The van der Waals surface area contributed by atoms with Crippen molar-refractivity contribution in [3.8, 4) is 6.07 Å². The van der Waals surface area contributed by atoms with Crippen LogP contribution in [0.2, 0.25) is 0 Å². The van der Waals surface area contributed by atoms with Crippen LogP contribution < -0.4 is 5.32 Å². The van der Waals surface area contributed by atoms with Crippen molar-refractivity contribution in [2.24, 2.45) is 0 Å². The Labute approximate surface area is 144 Å². The van der Waals surface area contributed by atoms with Crippen molar-refractivity contribution in [1.82, 2.24) is 10.2 Å². The van der Waals surface area contributed by atoms with E-state index in [2.05, 4.69) is 21.2 Å². The summed E-state index contributed by atoms with van der Waals surface area (Å²) in [5.74, 6) is -0.508. The van der Waals surface area contributed by atoms with Gasteiger partial charge in [-0.15, -0.1) is 0 Å². The molecule has 0 aromatic heterocycles. The average molecular weight is 382 g/mol. The molecule has 0 atom stereocenters. The molecule has 0 aliphatic carbocycles. The van der Waals surface area contributed by atoms with Crippen molar-refractivity contribution >= 4 is 21.8 Å². The highest BCUT2D eigenvalue weighted by Gasteiger charge is 2.17. The fourth-order valence-corrected chi connectivity index (χ4v) is 2.17. The highest BCUT2D eigenvalue weighted by atomic mass is 79.9. The molecule has 0 spiro atoms. The zero-order chi connectivity index (χ0) is 17.1. The number of hydrogen-bond donors (Lipinski definition) is 3. The highest BCUT2D eigenvalue weighted by Crippen LogP contribution is 2.10. The van der Waals surface area contributed by atoms with Gasteiger partial charge in [-0.05, 0) is 24.1 Å². The van der Waals surface area contributed by atoms with Gasteiger partial charge in [-0.2, -0.15) is 5.26 Å². The largest absolute Gasteiger partial charge is 0.395 e. The number of nitrogens with zero attached hydrogens (tertiary/aromatic N) is 2. The molecule has 1 aromatic carbocycles. The van der Waals surface area contributed by atoms with Crippen LogP contribution in [0.4, 0.5) is 0 Å². The molecule has 0 bridgehead atoms. The minimum atomic E-state index is -0.508. The zero-order valence-corrected chi connectivity index (χ0v) is 14.3. The topological polar surface area (TPSA) is 96.6 Å². The molecule has 6 nitrogen and oxygen atoms in total. The second-order valence-electron chi connectivity index (χ2n) is 4.74. The highest BCUT2D eigenvalue weighted by molar-refractivity contribution is 9.10. The Morgan fingerprint density at radius 1 is 1.26 bits per heavy atom. The van der Waals surface area contributed by atoms with Crippen LogP contribution in [-0.2, 0) is 11.2 Å². The van der Waals surface area contributed by atoms with Crippen LogP contribution in [0.15, 0.2) is 40.5 Å². The standard InChI is InChI=1S/C16H20BrN3O3/c17-15-3-1-13(2-4-15)5-6-19-12-14(11-18)16(23)20(7-9-21)8-10-22/h1-4,12,19,21-22H,5-10H2/b14-12-. The van der Waals surface area contributed by atoms with E-state index in [4.69, 9.17) is 15.5 Å². The van der Waals surface area contributed by atoms with Gasteiger partial charge in [0.15, 0.2) is 0 Å². The number of rotatable bonds is 9. The maximum absolute atomic E-state index is 12.1. The quantitative estimate of drug-likeness (QED) is 0.334. The van der Waals surface area contributed by atoms with Gasteiger partial charge in [0.05, 0.1) is 13.2 Å². The first-order valence-electron chi connectivity index (χ1n) is 7.21. The van der Waals surface area contributed by atoms with Gasteiger partial charge in [0.1, 0.15) is 11.6 Å². The van der Waals surface area contributed by atoms with Crippen molar-refractivity contribution in [2.75, 3.05) is 32.8 Å². The lowest BCUT2D eigenvalue weighted by Crippen LogP contribution is -2.37. The summed E-state index contributed by atoms with van der Waals surface area (Å²) in [7, 11) is 0. The van der Waals surface area contributed by atoms with E-state index in [1.807, 2.05) is 30.3 Å². The van der Waals surface area contributed by atoms with E-state index in [-0.39, 0.29) is 31.9 Å². The summed E-state index contributed by atoms with van der Waals surface area (Å²) in [6.45, 7) is 0.303. The van der Waals surface area contributed by atoms with Gasteiger partial charge in [0.2, 0.25) is 0 Å². The number of hydrogen-bond acceptors (Lipinski definition) is 5. The summed E-state index contributed by atoms with van der Waals surface area (Å²) in [4.78, 5) is 13.4. The number of carbonyl (C=O) groups excluding carboxylic acids is 1. The smallest absolute Gasteiger partial charge is 0.266 e. The minimum absolute atomic E-state index is 0.0530. The molecular weight excluding hydrogens is 362 g/mol. The third-order valence-corrected chi connectivity index (χ3v) is 3.62. The zero-order valence-electron chi connectivity index (χ0n) is 12.7. The number of aliphatic hydroxyl groups is 2. The number of amides is 1. The lowest BCUT2D eigenvalue weighted by molar-refractivity contribution is -0.127. The molecule has 124 valence electrons. The number of benzene rings is 1. The second kappa shape index (κ2) is 10.8. The SMILES string of the molecule is N#C/C(=C/NCCc1ccc(Br)cc1)C(=O)N(CCO)CCO. The van der Waals surface area contributed by atoms with Crippen LogP contribution in [0.25, 0.3) is 0 Å². The van der Waals surface area contributed by atoms with Crippen LogP contribution in [0.5, 0.6) is 0 Å². The molecule has 23 heavy (non-hydrogen) atoms. The third-order valence-electron chi connectivity index (χ3n) is 3.10. The molecule has 3 N–H and O–H groups in total. The molecule has 0 aliphatic heterocycles. The van der Waals surface area contributed by atoms with Crippen LogP contribution in [0.3, 0.4) is 0 Å². The van der Waals surface area contributed by atoms with Gasteiger partial charge in [0.25, 0.3) is 5.91 Å². The lowest BCUT2D eigenvalue weighted by Gasteiger charge is -2.20. The monoisotopic (exact) mass is 381 g/mol. The average Bonchev–Trinajstić information content (AvgIpc) is 2.56. The number of carbonyl (C=O) groups is 1. The predicted octanol–water partition coefficient (Wildman–Crippen LogP) is 0.802. The van der Waals surface area contributed by atoms with Crippen LogP contribution in [-0.4, -0.2) is 53.9 Å². The Hall–Kier alpha value is -1.88. The molecule has 0 fully saturated rings. The molecule has 0 unspecified atom stereocenters. The summed E-state index contributed by atoms with van der Waals surface area (Å²) in [6, 6.07) is 9.75. The van der Waals surface area contributed by atoms with Crippen molar-refractivity contribution in [1.29, 1.82) is 5.26 Å². The molecule has 7 heteroatoms. The Balaban J connectivity index is 2.55. The van der Waals surface area contributed by atoms with Crippen molar-refractivity contribution in [3.63, 3.8) is 0 Å². The summed E-state index contributed by atoms with van der Waals surface area (Å²) in [5.41, 5.74) is 1.09. The molecule has 0 saturated heterocycles. The van der Waals surface area contributed by atoms with Crippen molar-refractivity contribution in [2.45, 2.75) is 6.42 Å². The van der Waals surface area contributed by atoms with E-state index < -0.39 is 5.91 Å². The lowest BCUT2D eigenvalue weighted by atomic mass is 10.1. The van der Waals surface area contributed by atoms with Crippen LogP contribution in [0.1, 0.15) is 5.56 Å². The maximum atomic E-state index is 12.1. The number of nitrogens with one attached hydrogen (secondary N) is 1. The number of nitriles is 1. The fourth-order valence-electron chi connectivity index (χ4n) is 1.91. The minimum Gasteiger partial charge on any atom is -0.395 e. The molecule has 1 aromatic rings. The maximum Gasteiger partial charge on any atom is 0.266 e. The van der Waals surface area contributed by atoms with Gasteiger partial charge < -0.3 is 20.4 Å². The van der Waals surface area contributed by atoms with Crippen molar-refractivity contribution < 1.29 is 15.0 Å². The summed E-state index contributed by atoms with van der Waals surface area (Å²) >= 11 is 3.37. The Bertz CT molecular complexity index is 561. The second-order valence-corrected chi connectivity index (χ2v) is 5.66. The first-order valence-corrected chi connectivity index (χ1v) is 8.00. The van der Waals surface area contributed by atoms with E-state index >= 15 is 0 Å². The summed E-state index contributed by atoms with van der Waals surface area (Å²) in [5, 5.41) is 29.9. The van der Waals surface area contributed by atoms with E-state index in [0.29, 0.717) is 6.54 Å².